The molecule has 0 spiro atoms. The van der Waals surface area contributed by atoms with Gasteiger partial charge in [-0.1, -0.05) is 6.92 Å². The first-order valence-corrected chi connectivity index (χ1v) is 8.66. The Bertz CT molecular complexity index is 867. The Morgan fingerprint density at radius 2 is 2.08 bits per heavy atom. The van der Waals surface area contributed by atoms with Gasteiger partial charge in [0, 0.05) is 22.7 Å². The summed E-state index contributed by atoms with van der Waals surface area (Å²) in [5, 5.41) is 26.0. The zero-order valence-corrected chi connectivity index (χ0v) is 14.4. The van der Waals surface area contributed by atoms with Gasteiger partial charge in [0.15, 0.2) is 0 Å². The van der Waals surface area contributed by atoms with Gasteiger partial charge in [0.25, 0.3) is 5.69 Å². The highest BCUT2D eigenvalue weighted by molar-refractivity contribution is 7.16. The number of rotatable bonds is 3. The molecular weight excluding hydrogens is 340 g/mol. The van der Waals surface area contributed by atoms with Crippen LogP contribution in [-0.2, 0) is 12.8 Å². The lowest BCUT2D eigenvalue weighted by Gasteiger charge is -2.17. The molecule has 0 bridgehead atoms. The molecule has 1 aromatic heterocycles. The number of nitriles is 1. The Hall–Kier alpha value is -2.92. The van der Waals surface area contributed by atoms with E-state index in [1.807, 2.05) is 0 Å². The maximum Gasteiger partial charge on any atom is 0.324 e. The number of non-ortho nitro benzene ring substituents is 1. The van der Waals surface area contributed by atoms with Crippen LogP contribution in [0.1, 0.15) is 29.3 Å². The molecule has 25 heavy (non-hydrogen) atoms. The Morgan fingerprint density at radius 1 is 1.36 bits per heavy atom. The van der Waals surface area contributed by atoms with E-state index in [-0.39, 0.29) is 5.69 Å². The molecule has 1 heterocycles. The Labute approximate surface area is 148 Å². The van der Waals surface area contributed by atoms with Crippen molar-refractivity contribution in [1.82, 2.24) is 0 Å². The lowest BCUT2D eigenvalue weighted by Crippen LogP contribution is -2.19. The van der Waals surface area contributed by atoms with Crippen LogP contribution < -0.4 is 10.6 Å². The molecule has 1 atom stereocenters. The Balaban J connectivity index is 1.73. The van der Waals surface area contributed by atoms with Gasteiger partial charge in [0.1, 0.15) is 11.1 Å². The van der Waals surface area contributed by atoms with E-state index < -0.39 is 11.0 Å². The van der Waals surface area contributed by atoms with E-state index >= 15 is 0 Å². The lowest BCUT2D eigenvalue weighted by molar-refractivity contribution is -0.384. The first-order valence-electron chi connectivity index (χ1n) is 7.85. The van der Waals surface area contributed by atoms with Gasteiger partial charge in [-0.05, 0) is 42.9 Å². The second kappa shape index (κ2) is 6.91. The SMILES string of the molecule is C[C@@H]1CCc2c(sc(NC(=O)Nc3ccc([N+](=O)[O-])cc3)c2C#N)C1. The summed E-state index contributed by atoms with van der Waals surface area (Å²) < 4.78 is 0. The van der Waals surface area contributed by atoms with Crippen LogP contribution in [0.25, 0.3) is 0 Å². The molecule has 1 aliphatic carbocycles. The molecule has 128 valence electrons. The normalized spacial score (nSPS) is 15.8. The van der Waals surface area contributed by atoms with Crippen molar-refractivity contribution < 1.29 is 9.72 Å². The number of urea groups is 1. The van der Waals surface area contributed by atoms with Gasteiger partial charge in [-0.2, -0.15) is 5.26 Å². The van der Waals surface area contributed by atoms with E-state index in [4.69, 9.17) is 0 Å². The van der Waals surface area contributed by atoms with Crippen LogP contribution in [0.15, 0.2) is 24.3 Å². The first-order chi connectivity index (χ1) is 12.0. The zero-order chi connectivity index (χ0) is 18.0. The molecule has 8 heteroatoms. The topological polar surface area (TPSA) is 108 Å². The van der Waals surface area contributed by atoms with Gasteiger partial charge >= 0.3 is 6.03 Å². The smallest absolute Gasteiger partial charge is 0.308 e. The van der Waals surface area contributed by atoms with Crippen molar-refractivity contribution in [2.45, 2.75) is 26.2 Å². The molecule has 1 aliphatic rings. The Kier molecular flexibility index (Phi) is 4.67. The minimum atomic E-state index is -0.500. The van der Waals surface area contributed by atoms with Crippen LogP contribution >= 0.6 is 11.3 Å². The number of fused-ring (bicyclic) bond motifs is 1. The van der Waals surface area contributed by atoms with Gasteiger partial charge in [-0.15, -0.1) is 11.3 Å². The number of anilines is 2. The largest absolute Gasteiger partial charge is 0.324 e. The molecule has 3 rings (SSSR count). The summed E-state index contributed by atoms with van der Waals surface area (Å²) in [5.41, 5.74) is 2.00. The number of nitro groups is 1. The van der Waals surface area contributed by atoms with E-state index in [0.717, 1.165) is 24.8 Å². The number of nitrogens with one attached hydrogen (secondary N) is 2. The summed E-state index contributed by atoms with van der Waals surface area (Å²) in [6.45, 7) is 2.18. The number of carbonyl (C=O) groups is 1. The standard InChI is InChI=1S/C17H16N4O3S/c1-10-2-7-13-14(9-18)16(25-15(13)8-10)20-17(22)19-11-3-5-12(6-4-11)21(23)24/h3-6,10H,2,7-8H2,1H3,(H2,19,20,22)/t10-/m1/s1. The third-order valence-electron chi connectivity index (χ3n) is 4.19. The summed E-state index contributed by atoms with van der Waals surface area (Å²) in [6.07, 6.45) is 2.84. The fourth-order valence-electron chi connectivity index (χ4n) is 2.89. The number of nitro benzene ring substituents is 1. The van der Waals surface area contributed by atoms with Crippen molar-refractivity contribution in [1.29, 1.82) is 5.26 Å². The minimum Gasteiger partial charge on any atom is -0.308 e. The fraction of sp³-hybridized carbons (Fsp3) is 0.294. The van der Waals surface area contributed by atoms with Crippen LogP contribution in [0.4, 0.5) is 21.2 Å². The molecule has 0 aliphatic heterocycles. The summed E-state index contributed by atoms with van der Waals surface area (Å²) in [6, 6.07) is 7.29. The highest BCUT2D eigenvalue weighted by Gasteiger charge is 2.24. The average Bonchev–Trinajstić information content (AvgIpc) is 2.90. The molecule has 0 saturated carbocycles. The van der Waals surface area contributed by atoms with Crippen LogP contribution in [0.2, 0.25) is 0 Å². The quantitative estimate of drug-likeness (QED) is 0.631. The molecule has 7 nitrogen and oxygen atoms in total. The monoisotopic (exact) mass is 356 g/mol. The van der Waals surface area contributed by atoms with Crippen LogP contribution in [-0.4, -0.2) is 11.0 Å². The summed E-state index contributed by atoms with van der Waals surface area (Å²) in [4.78, 5) is 23.5. The van der Waals surface area contributed by atoms with Crippen molar-refractivity contribution in [3.63, 3.8) is 0 Å². The molecular formula is C17H16N4O3S. The third-order valence-corrected chi connectivity index (χ3v) is 5.36. The molecule has 2 amide bonds. The highest BCUT2D eigenvalue weighted by Crippen LogP contribution is 2.39. The highest BCUT2D eigenvalue weighted by atomic mass is 32.1. The predicted molar refractivity (Wildman–Crippen MR) is 96.0 cm³/mol. The number of hydrogen-bond acceptors (Lipinski definition) is 5. The zero-order valence-electron chi connectivity index (χ0n) is 13.5. The molecule has 0 saturated heterocycles. The number of benzene rings is 1. The summed E-state index contributed by atoms with van der Waals surface area (Å²) >= 11 is 1.45. The average molecular weight is 356 g/mol. The maximum absolute atomic E-state index is 12.2. The summed E-state index contributed by atoms with van der Waals surface area (Å²) in [7, 11) is 0. The third kappa shape index (κ3) is 3.61. The molecule has 2 N–H and O–H groups in total. The Morgan fingerprint density at radius 3 is 2.72 bits per heavy atom. The second-order valence-electron chi connectivity index (χ2n) is 6.05. The predicted octanol–water partition coefficient (Wildman–Crippen LogP) is 4.30. The van der Waals surface area contributed by atoms with Gasteiger partial charge in [0.2, 0.25) is 0 Å². The van der Waals surface area contributed by atoms with Gasteiger partial charge in [-0.25, -0.2) is 4.79 Å². The van der Waals surface area contributed by atoms with E-state index in [1.54, 1.807) is 0 Å². The number of nitrogens with zero attached hydrogens (tertiary/aromatic N) is 2. The van der Waals surface area contributed by atoms with E-state index in [9.17, 15) is 20.2 Å². The van der Waals surface area contributed by atoms with Crippen molar-refractivity contribution in [2.24, 2.45) is 5.92 Å². The summed E-state index contributed by atoms with van der Waals surface area (Å²) in [5.74, 6) is 0.583. The van der Waals surface area contributed by atoms with Gasteiger partial charge < -0.3 is 5.32 Å². The van der Waals surface area contributed by atoms with Crippen molar-refractivity contribution in [2.75, 3.05) is 10.6 Å². The molecule has 0 unspecified atom stereocenters. The first kappa shape index (κ1) is 16.9. The molecule has 0 fully saturated rings. The van der Waals surface area contributed by atoms with Crippen LogP contribution in [0.3, 0.4) is 0 Å². The number of amides is 2. The number of carbonyl (C=O) groups excluding carboxylic acids is 1. The minimum absolute atomic E-state index is 0.0437. The maximum atomic E-state index is 12.2. The fourth-order valence-corrected chi connectivity index (χ4v) is 4.25. The van der Waals surface area contributed by atoms with Crippen LogP contribution in [0, 0.1) is 27.4 Å². The van der Waals surface area contributed by atoms with Crippen molar-refractivity contribution >= 4 is 33.7 Å². The van der Waals surface area contributed by atoms with Crippen molar-refractivity contribution in [3.05, 3.63) is 50.4 Å². The van der Waals surface area contributed by atoms with Gasteiger partial charge in [-0.3, -0.25) is 15.4 Å². The van der Waals surface area contributed by atoms with Crippen LogP contribution in [0.5, 0.6) is 0 Å². The second-order valence-corrected chi connectivity index (χ2v) is 7.16. The number of hydrogen-bond donors (Lipinski definition) is 2. The van der Waals surface area contributed by atoms with Crippen molar-refractivity contribution in [3.8, 4) is 6.07 Å². The van der Waals surface area contributed by atoms with E-state index in [2.05, 4.69) is 23.6 Å². The molecule has 2 aromatic rings. The molecule has 1 aromatic carbocycles. The molecule has 0 radical (unpaired) electrons. The van der Waals surface area contributed by atoms with E-state index in [0.29, 0.717) is 22.2 Å². The van der Waals surface area contributed by atoms with E-state index in [1.165, 1.54) is 40.5 Å². The van der Waals surface area contributed by atoms with Gasteiger partial charge in [0.05, 0.1) is 10.5 Å². The lowest BCUT2D eigenvalue weighted by atomic mass is 9.89. The number of thiophene rings is 1.